The van der Waals surface area contributed by atoms with Crippen molar-refractivity contribution in [1.82, 2.24) is 9.78 Å². The summed E-state index contributed by atoms with van der Waals surface area (Å²) in [4.78, 5) is 11.8. The number of hydrogen-bond donors (Lipinski definition) is 1. The summed E-state index contributed by atoms with van der Waals surface area (Å²) in [5.41, 5.74) is 6.12. The summed E-state index contributed by atoms with van der Waals surface area (Å²) < 4.78 is 1.45. The number of rotatable bonds is 3. The third kappa shape index (κ3) is 1.96. The molecule has 5 heteroatoms. The summed E-state index contributed by atoms with van der Waals surface area (Å²) in [6.45, 7) is 3.79. The van der Waals surface area contributed by atoms with E-state index in [9.17, 15) is 4.79 Å². The zero-order chi connectivity index (χ0) is 10.9. The standard InChI is InChI=1S/C9H14ClN3O/c1-5(2)7(11)9(14)8-6(10)4-12-13(8)3/h4-5,7H,11H2,1-3H3. The topological polar surface area (TPSA) is 60.9 Å². The number of Topliss-reactive ketones (excluding diaryl/α,β-unsaturated/α-hetero) is 1. The molecule has 0 aliphatic carbocycles. The second kappa shape index (κ2) is 4.11. The fraction of sp³-hybridized carbons (Fsp3) is 0.556. The fourth-order valence-corrected chi connectivity index (χ4v) is 1.41. The van der Waals surface area contributed by atoms with Gasteiger partial charge >= 0.3 is 0 Å². The Hall–Kier alpha value is -0.870. The maximum atomic E-state index is 11.8. The van der Waals surface area contributed by atoms with Gasteiger partial charge in [-0.3, -0.25) is 9.48 Å². The van der Waals surface area contributed by atoms with Gasteiger partial charge in [0.1, 0.15) is 5.69 Å². The van der Waals surface area contributed by atoms with Gasteiger partial charge in [0.2, 0.25) is 0 Å². The zero-order valence-electron chi connectivity index (χ0n) is 8.49. The van der Waals surface area contributed by atoms with Gasteiger partial charge in [0.15, 0.2) is 5.78 Å². The first-order valence-corrected chi connectivity index (χ1v) is 4.80. The van der Waals surface area contributed by atoms with Crippen molar-refractivity contribution < 1.29 is 4.79 Å². The van der Waals surface area contributed by atoms with Crippen molar-refractivity contribution in [3.8, 4) is 0 Å². The van der Waals surface area contributed by atoms with Crippen molar-refractivity contribution in [2.75, 3.05) is 0 Å². The number of halogens is 1. The summed E-state index contributed by atoms with van der Waals surface area (Å²) in [5.74, 6) is -0.0709. The summed E-state index contributed by atoms with van der Waals surface area (Å²) in [6, 6.07) is -0.525. The lowest BCUT2D eigenvalue weighted by Crippen LogP contribution is -2.36. The van der Waals surface area contributed by atoms with E-state index in [0.29, 0.717) is 10.7 Å². The van der Waals surface area contributed by atoms with Crippen LogP contribution in [0.4, 0.5) is 0 Å². The molecule has 0 aromatic carbocycles. The second-order valence-electron chi connectivity index (χ2n) is 3.60. The van der Waals surface area contributed by atoms with Crippen molar-refractivity contribution in [3.63, 3.8) is 0 Å². The number of carbonyl (C=O) groups excluding carboxylic acids is 1. The summed E-state index contributed by atoms with van der Waals surface area (Å²) in [5, 5.41) is 4.24. The molecule has 14 heavy (non-hydrogen) atoms. The van der Waals surface area contributed by atoms with Crippen LogP contribution in [-0.2, 0) is 7.05 Å². The van der Waals surface area contributed by atoms with E-state index in [-0.39, 0.29) is 11.7 Å². The van der Waals surface area contributed by atoms with Crippen LogP contribution in [0.15, 0.2) is 6.20 Å². The molecule has 0 radical (unpaired) electrons. The molecule has 0 aliphatic rings. The SMILES string of the molecule is CC(C)C(N)C(=O)c1c(Cl)cnn1C. The highest BCUT2D eigenvalue weighted by Crippen LogP contribution is 2.17. The normalized spacial score (nSPS) is 13.3. The number of hydrogen-bond acceptors (Lipinski definition) is 3. The van der Waals surface area contributed by atoms with Gasteiger partial charge in [0.05, 0.1) is 17.3 Å². The molecule has 1 aromatic heterocycles. The van der Waals surface area contributed by atoms with E-state index in [1.165, 1.54) is 10.9 Å². The molecule has 0 amide bonds. The minimum atomic E-state index is -0.525. The average molecular weight is 216 g/mol. The van der Waals surface area contributed by atoms with Crippen molar-refractivity contribution in [1.29, 1.82) is 0 Å². The van der Waals surface area contributed by atoms with E-state index in [2.05, 4.69) is 5.10 Å². The van der Waals surface area contributed by atoms with E-state index in [1.54, 1.807) is 7.05 Å². The first-order chi connectivity index (χ1) is 6.45. The van der Waals surface area contributed by atoms with E-state index < -0.39 is 6.04 Å². The largest absolute Gasteiger partial charge is 0.321 e. The monoisotopic (exact) mass is 215 g/mol. The van der Waals surface area contributed by atoms with E-state index in [1.807, 2.05) is 13.8 Å². The average Bonchev–Trinajstić information content (AvgIpc) is 2.44. The molecule has 0 saturated carbocycles. The van der Waals surface area contributed by atoms with Crippen LogP contribution in [0.1, 0.15) is 24.3 Å². The molecule has 0 fully saturated rings. The number of ketones is 1. The highest BCUT2D eigenvalue weighted by molar-refractivity contribution is 6.33. The Labute approximate surface area is 88.0 Å². The minimum Gasteiger partial charge on any atom is -0.321 e. The second-order valence-corrected chi connectivity index (χ2v) is 4.01. The molecule has 0 bridgehead atoms. The molecule has 0 aliphatic heterocycles. The van der Waals surface area contributed by atoms with Crippen LogP contribution >= 0.6 is 11.6 Å². The van der Waals surface area contributed by atoms with Crippen LogP contribution in [0.5, 0.6) is 0 Å². The highest BCUT2D eigenvalue weighted by Gasteiger charge is 2.24. The molecule has 2 N–H and O–H groups in total. The van der Waals surface area contributed by atoms with Crippen LogP contribution in [0, 0.1) is 5.92 Å². The van der Waals surface area contributed by atoms with Crippen LogP contribution in [0.2, 0.25) is 5.02 Å². The highest BCUT2D eigenvalue weighted by atomic mass is 35.5. The Kier molecular flexibility index (Phi) is 3.29. The number of aryl methyl sites for hydroxylation is 1. The predicted octanol–water partition coefficient (Wildman–Crippen LogP) is 1.24. The maximum Gasteiger partial charge on any atom is 0.199 e. The van der Waals surface area contributed by atoms with Gasteiger partial charge in [-0.15, -0.1) is 0 Å². The number of aromatic nitrogens is 2. The number of carbonyl (C=O) groups is 1. The van der Waals surface area contributed by atoms with Gasteiger partial charge in [0, 0.05) is 7.05 Å². The van der Waals surface area contributed by atoms with Gasteiger partial charge < -0.3 is 5.73 Å². The summed E-state index contributed by atoms with van der Waals surface area (Å²) in [7, 11) is 1.67. The van der Waals surface area contributed by atoms with Crippen LogP contribution in [0.25, 0.3) is 0 Å². The molecule has 4 nitrogen and oxygen atoms in total. The smallest absolute Gasteiger partial charge is 0.199 e. The zero-order valence-corrected chi connectivity index (χ0v) is 9.25. The molecule has 1 unspecified atom stereocenters. The Bertz CT molecular complexity index is 326. The minimum absolute atomic E-state index is 0.0912. The third-order valence-electron chi connectivity index (χ3n) is 2.15. The lowest BCUT2D eigenvalue weighted by molar-refractivity contribution is 0.0931. The van der Waals surface area contributed by atoms with Gasteiger partial charge in [0.25, 0.3) is 0 Å². The lowest BCUT2D eigenvalue weighted by Gasteiger charge is -2.14. The Balaban J connectivity index is 3.00. The van der Waals surface area contributed by atoms with Crippen molar-refractivity contribution in [2.45, 2.75) is 19.9 Å². The molecule has 1 heterocycles. The summed E-state index contributed by atoms with van der Waals surface area (Å²) >= 11 is 5.83. The molecule has 1 atom stereocenters. The fourth-order valence-electron chi connectivity index (χ4n) is 1.15. The van der Waals surface area contributed by atoms with Crippen LogP contribution in [0.3, 0.4) is 0 Å². The Morgan fingerprint density at radius 1 is 1.64 bits per heavy atom. The van der Waals surface area contributed by atoms with Crippen molar-refractivity contribution >= 4 is 17.4 Å². The quantitative estimate of drug-likeness (QED) is 0.772. The van der Waals surface area contributed by atoms with Gasteiger partial charge in [-0.2, -0.15) is 5.10 Å². The maximum absolute atomic E-state index is 11.8. The van der Waals surface area contributed by atoms with Crippen LogP contribution < -0.4 is 5.73 Å². The molecule has 1 rings (SSSR count). The summed E-state index contributed by atoms with van der Waals surface area (Å²) in [6.07, 6.45) is 1.45. The predicted molar refractivity (Wildman–Crippen MR) is 55.4 cm³/mol. The van der Waals surface area contributed by atoms with E-state index in [0.717, 1.165) is 0 Å². The molecular formula is C9H14ClN3O. The first kappa shape index (κ1) is 11.2. The number of nitrogens with two attached hydrogens (primary N) is 1. The van der Waals surface area contributed by atoms with Gasteiger partial charge in [-0.25, -0.2) is 0 Å². The lowest BCUT2D eigenvalue weighted by atomic mass is 9.99. The van der Waals surface area contributed by atoms with Gasteiger partial charge in [-0.05, 0) is 5.92 Å². The Morgan fingerprint density at radius 3 is 2.57 bits per heavy atom. The van der Waals surface area contributed by atoms with Crippen molar-refractivity contribution in [2.24, 2.45) is 18.7 Å². The molecule has 0 saturated heterocycles. The number of nitrogens with zero attached hydrogens (tertiary/aromatic N) is 2. The first-order valence-electron chi connectivity index (χ1n) is 4.42. The molecule has 78 valence electrons. The third-order valence-corrected chi connectivity index (χ3v) is 2.43. The molecule has 0 spiro atoms. The van der Waals surface area contributed by atoms with E-state index in [4.69, 9.17) is 17.3 Å². The molecule has 1 aromatic rings. The van der Waals surface area contributed by atoms with Crippen LogP contribution in [-0.4, -0.2) is 21.6 Å². The molecular weight excluding hydrogens is 202 g/mol. The Morgan fingerprint density at radius 2 is 2.21 bits per heavy atom. The van der Waals surface area contributed by atoms with E-state index >= 15 is 0 Å². The van der Waals surface area contributed by atoms with Crippen molar-refractivity contribution in [3.05, 3.63) is 16.9 Å². The van der Waals surface area contributed by atoms with Gasteiger partial charge in [-0.1, -0.05) is 25.4 Å².